The van der Waals surface area contributed by atoms with Gasteiger partial charge in [-0.05, 0) is 42.9 Å². The summed E-state index contributed by atoms with van der Waals surface area (Å²) in [6, 6.07) is 1.55. The molecule has 1 atom stereocenters. The number of alkyl halides is 3. The maximum atomic E-state index is 12.8. The van der Waals surface area contributed by atoms with E-state index in [0.717, 1.165) is 30.0 Å². The molecule has 3 N–H and O–H groups in total. The third kappa shape index (κ3) is 4.10. The molecule has 0 saturated heterocycles. The summed E-state index contributed by atoms with van der Waals surface area (Å²) < 4.78 is 40.0. The van der Waals surface area contributed by atoms with E-state index in [1.807, 2.05) is 11.4 Å². The summed E-state index contributed by atoms with van der Waals surface area (Å²) in [4.78, 5) is 24.6. The fraction of sp³-hybridized carbons (Fsp3) is 0.364. The third-order valence-corrected chi connectivity index (χ3v) is 6.12. The summed E-state index contributed by atoms with van der Waals surface area (Å²) in [5.74, 6) is -0.290. The molecule has 1 fully saturated rings. The average Bonchev–Trinajstić information content (AvgIpc) is 3.18. The Balaban J connectivity index is 1.43. The zero-order valence-electron chi connectivity index (χ0n) is 18.0. The largest absolute Gasteiger partial charge is 0.408 e. The van der Waals surface area contributed by atoms with Gasteiger partial charge in [0.05, 0.1) is 17.3 Å². The molecule has 0 bridgehead atoms. The number of nitrogens with zero attached hydrogens (tertiary/aromatic N) is 4. The number of H-pyrrole nitrogens is 1. The highest BCUT2D eigenvalue weighted by Gasteiger charge is 2.38. The number of nitrogens with one attached hydrogen (secondary N) is 3. The molecule has 0 aliphatic heterocycles. The fourth-order valence-electron chi connectivity index (χ4n) is 3.59. The van der Waals surface area contributed by atoms with Crippen molar-refractivity contribution in [2.24, 2.45) is 5.41 Å². The second kappa shape index (κ2) is 7.46. The van der Waals surface area contributed by atoms with Gasteiger partial charge in [0.1, 0.15) is 11.7 Å². The molecule has 33 heavy (non-hydrogen) atoms. The molecule has 4 aromatic heterocycles. The lowest BCUT2D eigenvalue weighted by Gasteiger charge is -2.16. The summed E-state index contributed by atoms with van der Waals surface area (Å²) >= 11 is 0. The first-order chi connectivity index (χ1) is 15.6. The monoisotopic (exact) mass is 457 g/mol. The number of rotatable bonds is 6. The van der Waals surface area contributed by atoms with Gasteiger partial charge in [-0.3, -0.25) is 4.79 Å². The Bertz CT molecular complexity index is 1350. The predicted octanol–water partition coefficient (Wildman–Crippen LogP) is 4.17. The van der Waals surface area contributed by atoms with Gasteiger partial charge in [0.25, 0.3) is 5.91 Å². The summed E-state index contributed by atoms with van der Waals surface area (Å²) in [7, 11) is 0. The first kappa shape index (κ1) is 21.2. The molecule has 172 valence electrons. The Hall–Kier alpha value is -3.63. The smallest absolute Gasteiger partial charge is 0.354 e. The summed E-state index contributed by atoms with van der Waals surface area (Å²) in [5.41, 5.74) is 3.00. The molecule has 0 unspecified atom stereocenters. The number of anilines is 1. The minimum absolute atomic E-state index is 0.0594. The summed E-state index contributed by atoms with van der Waals surface area (Å²) in [6.07, 6.45) is 4.29. The van der Waals surface area contributed by atoms with Crippen LogP contribution < -0.4 is 10.6 Å². The zero-order chi connectivity index (χ0) is 23.4. The Morgan fingerprint density at radius 2 is 2.12 bits per heavy atom. The normalized spacial score (nSPS) is 16.2. The van der Waals surface area contributed by atoms with E-state index >= 15 is 0 Å². The molecule has 1 amide bonds. The maximum Gasteiger partial charge on any atom is 0.408 e. The molecular weight excluding hydrogens is 435 g/mol. The van der Waals surface area contributed by atoms with Crippen LogP contribution in [0, 0.1) is 5.41 Å². The minimum Gasteiger partial charge on any atom is -0.354 e. The van der Waals surface area contributed by atoms with Crippen LogP contribution >= 0.6 is 0 Å². The van der Waals surface area contributed by atoms with E-state index in [-0.39, 0.29) is 5.56 Å². The number of pyridine rings is 1. The predicted molar refractivity (Wildman–Crippen MR) is 117 cm³/mol. The van der Waals surface area contributed by atoms with Crippen LogP contribution in [-0.4, -0.2) is 49.2 Å². The van der Waals surface area contributed by atoms with Crippen LogP contribution in [0.25, 0.3) is 27.7 Å². The van der Waals surface area contributed by atoms with E-state index in [0.29, 0.717) is 22.5 Å². The Morgan fingerprint density at radius 1 is 1.33 bits per heavy atom. The SMILES string of the molecule is C[C@@H](NC(=O)c1cnn2ccc(-c3c[nH]c4nc(NCC5(C)CC5)ncc34)cc12)C(F)(F)F. The molecule has 0 aromatic carbocycles. The van der Waals surface area contributed by atoms with Crippen molar-refractivity contribution in [3.63, 3.8) is 0 Å². The van der Waals surface area contributed by atoms with Gasteiger partial charge in [-0.25, -0.2) is 9.50 Å². The number of hydrogen-bond acceptors (Lipinski definition) is 5. The van der Waals surface area contributed by atoms with Crippen LogP contribution in [0.2, 0.25) is 0 Å². The molecule has 1 aliphatic carbocycles. The molecule has 4 heterocycles. The van der Waals surface area contributed by atoms with Crippen molar-refractivity contribution in [2.45, 2.75) is 38.9 Å². The lowest BCUT2D eigenvalue weighted by atomic mass is 10.1. The molecule has 11 heteroatoms. The van der Waals surface area contributed by atoms with E-state index < -0.39 is 18.1 Å². The highest BCUT2D eigenvalue weighted by atomic mass is 19.4. The fourth-order valence-corrected chi connectivity index (χ4v) is 3.59. The number of carbonyl (C=O) groups excluding carboxylic acids is 1. The highest BCUT2D eigenvalue weighted by Crippen LogP contribution is 2.44. The van der Waals surface area contributed by atoms with Crippen molar-refractivity contribution in [3.05, 3.63) is 42.5 Å². The molecule has 4 aromatic rings. The van der Waals surface area contributed by atoms with E-state index in [4.69, 9.17) is 0 Å². The molecule has 5 rings (SSSR count). The molecular formula is C22H22F3N7O. The van der Waals surface area contributed by atoms with E-state index in [2.05, 4.69) is 32.3 Å². The van der Waals surface area contributed by atoms with Gasteiger partial charge in [-0.15, -0.1) is 0 Å². The van der Waals surface area contributed by atoms with Crippen LogP contribution in [0.3, 0.4) is 0 Å². The number of halogens is 3. The van der Waals surface area contributed by atoms with Crippen LogP contribution in [0.5, 0.6) is 0 Å². The molecule has 8 nitrogen and oxygen atoms in total. The average molecular weight is 457 g/mol. The number of aromatic amines is 1. The minimum atomic E-state index is -4.53. The van der Waals surface area contributed by atoms with E-state index in [1.54, 1.807) is 24.7 Å². The second-order valence-corrected chi connectivity index (χ2v) is 8.86. The standard InChI is InChI=1S/C22H22F3N7O/c1-12(22(23,24)25)30-19(33)16-10-29-32-6-3-13(7-17(16)32)14-8-26-18-15(14)9-27-20(31-18)28-11-21(2)4-5-21/h3,6-10,12H,4-5,11H2,1-2H3,(H,30,33)(H2,26,27,28,31)/t12-/m1/s1. The summed E-state index contributed by atoms with van der Waals surface area (Å²) in [5, 5.41) is 10.1. The van der Waals surface area contributed by atoms with E-state index in [9.17, 15) is 18.0 Å². The first-order valence-corrected chi connectivity index (χ1v) is 10.6. The maximum absolute atomic E-state index is 12.8. The van der Waals surface area contributed by atoms with Crippen molar-refractivity contribution in [1.82, 2.24) is 29.9 Å². The number of amides is 1. The number of carbonyl (C=O) groups is 1. The highest BCUT2D eigenvalue weighted by molar-refractivity contribution is 6.02. The number of fused-ring (bicyclic) bond motifs is 2. The van der Waals surface area contributed by atoms with Crippen LogP contribution in [0.4, 0.5) is 19.1 Å². The van der Waals surface area contributed by atoms with Crippen molar-refractivity contribution < 1.29 is 18.0 Å². The van der Waals surface area contributed by atoms with Gasteiger partial charge < -0.3 is 15.6 Å². The van der Waals surface area contributed by atoms with Crippen molar-refractivity contribution >= 4 is 28.4 Å². The van der Waals surface area contributed by atoms with Gasteiger partial charge in [-0.1, -0.05) is 6.92 Å². The Kier molecular flexibility index (Phi) is 4.80. The van der Waals surface area contributed by atoms with Gasteiger partial charge in [0.15, 0.2) is 0 Å². The lowest BCUT2D eigenvalue weighted by Crippen LogP contribution is -2.43. The van der Waals surface area contributed by atoms with Crippen molar-refractivity contribution in [3.8, 4) is 11.1 Å². The molecule has 0 radical (unpaired) electrons. The zero-order valence-corrected chi connectivity index (χ0v) is 18.0. The number of aromatic nitrogens is 5. The van der Waals surface area contributed by atoms with Crippen molar-refractivity contribution in [2.75, 3.05) is 11.9 Å². The topological polar surface area (TPSA) is 100 Å². The van der Waals surface area contributed by atoms with Crippen LogP contribution in [0.1, 0.15) is 37.0 Å². The van der Waals surface area contributed by atoms with Crippen molar-refractivity contribution in [1.29, 1.82) is 0 Å². The van der Waals surface area contributed by atoms with Gasteiger partial charge >= 0.3 is 6.18 Å². The van der Waals surface area contributed by atoms with E-state index in [1.165, 1.54) is 23.6 Å². The second-order valence-electron chi connectivity index (χ2n) is 8.86. The Morgan fingerprint density at radius 3 is 2.85 bits per heavy atom. The molecule has 1 aliphatic rings. The van der Waals surface area contributed by atoms with Crippen LogP contribution in [-0.2, 0) is 0 Å². The molecule has 0 spiro atoms. The van der Waals surface area contributed by atoms with Gasteiger partial charge in [0.2, 0.25) is 5.95 Å². The molecule has 1 saturated carbocycles. The third-order valence-electron chi connectivity index (χ3n) is 6.12. The first-order valence-electron chi connectivity index (χ1n) is 10.6. The van der Waals surface area contributed by atoms with Crippen LogP contribution in [0.15, 0.2) is 36.9 Å². The number of hydrogen-bond donors (Lipinski definition) is 3. The summed E-state index contributed by atoms with van der Waals surface area (Å²) in [6.45, 7) is 3.94. The van der Waals surface area contributed by atoms with Gasteiger partial charge in [0, 0.05) is 36.1 Å². The quantitative estimate of drug-likeness (QED) is 0.404. The van der Waals surface area contributed by atoms with Gasteiger partial charge in [-0.2, -0.15) is 23.3 Å². The Labute approximate surface area is 186 Å². The lowest BCUT2D eigenvalue weighted by molar-refractivity contribution is -0.149.